The molecule has 1 aromatic carbocycles. The largest absolute Gasteiger partial charge is 0.497 e. The maximum Gasteiger partial charge on any atom is 0.119 e. The second-order valence-electron chi connectivity index (χ2n) is 8.86. The van der Waals surface area contributed by atoms with Gasteiger partial charge < -0.3 is 4.74 Å². The molecule has 1 nitrogen and oxygen atoms in total. The van der Waals surface area contributed by atoms with Crippen LogP contribution in [0.15, 0.2) is 18.2 Å². The van der Waals surface area contributed by atoms with E-state index in [4.69, 9.17) is 4.74 Å². The topological polar surface area (TPSA) is 9.23 Å². The van der Waals surface area contributed by atoms with Gasteiger partial charge in [0.1, 0.15) is 5.75 Å². The van der Waals surface area contributed by atoms with Crippen molar-refractivity contribution in [3.63, 3.8) is 0 Å². The first kappa shape index (κ1) is 14.6. The summed E-state index contributed by atoms with van der Waals surface area (Å²) in [7, 11) is 1.78. The molecule has 22 heavy (non-hydrogen) atoms. The Hall–Kier alpha value is -0.980. The van der Waals surface area contributed by atoms with Gasteiger partial charge in [-0.15, -0.1) is 0 Å². The average molecular weight is 298 g/mol. The lowest BCUT2D eigenvalue weighted by atomic mass is 9.51. The minimum absolute atomic E-state index is 0.531. The van der Waals surface area contributed by atoms with Gasteiger partial charge in [-0.25, -0.2) is 0 Å². The van der Waals surface area contributed by atoms with E-state index in [9.17, 15) is 0 Å². The van der Waals surface area contributed by atoms with Crippen LogP contribution in [0.1, 0.15) is 69.9 Å². The summed E-state index contributed by atoms with van der Waals surface area (Å²) in [6.07, 6.45) is 8.32. The molecule has 4 atom stereocenters. The average Bonchev–Trinajstić information content (AvgIpc) is 2.76. The second kappa shape index (κ2) is 4.76. The molecule has 0 unspecified atom stereocenters. The van der Waals surface area contributed by atoms with Crippen molar-refractivity contribution in [3.8, 4) is 5.75 Å². The van der Waals surface area contributed by atoms with Crippen LogP contribution in [0.3, 0.4) is 0 Å². The molecule has 0 radical (unpaired) electrons. The van der Waals surface area contributed by atoms with Gasteiger partial charge in [-0.2, -0.15) is 0 Å². The fraction of sp³-hybridized carbons (Fsp3) is 0.714. The molecule has 0 saturated heterocycles. The Kier molecular flexibility index (Phi) is 3.16. The van der Waals surface area contributed by atoms with Gasteiger partial charge in [-0.3, -0.25) is 0 Å². The molecular weight excluding hydrogens is 268 g/mol. The zero-order valence-corrected chi connectivity index (χ0v) is 14.6. The summed E-state index contributed by atoms with van der Waals surface area (Å²) in [4.78, 5) is 0. The summed E-state index contributed by atoms with van der Waals surface area (Å²) in [5.74, 6) is 3.69. The first-order valence-corrected chi connectivity index (χ1v) is 9.13. The van der Waals surface area contributed by atoms with Crippen molar-refractivity contribution in [2.45, 2.75) is 65.2 Å². The Morgan fingerprint density at radius 1 is 1.05 bits per heavy atom. The lowest BCUT2D eigenvalue weighted by Gasteiger charge is -2.53. The van der Waals surface area contributed by atoms with Crippen molar-refractivity contribution in [2.24, 2.45) is 22.7 Å². The summed E-state index contributed by atoms with van der Waals surface area (Å²) in [5, 5.41) is 0. The molecule has 0 amide bonds. The van der Waals surface area contributed by atoms with Crippen molar-refractivity contribution in [3.05, 3.63) is 29.3 Å². The van der Waals surface area contributed by atoms with Gasteiger partial charge in [0.15, 0.2) is 0 Å². The number of ether oxygens (including phenoxy) is 1. The minimum atomic E-state index is 0.531. The van der Waals surface area contributed by atoms with Crippen LogP contribution in [0.2, 0.25) is 0 Å². The summed E-state index contributed by atoms with van der Waals surface area (Å²) in [5.41, 5.74) is 4.30. The van der Waals surface area contributed by atoms with Gasteiger partial charge in [-0.05, 0) is 90.4 Å². The zero-order valence-electron chi connectivity index (χ0n) is 14.6. The molecule has 120 valence electrons. The third-order valence-electron chi connectivity index (χ3n) is 7.95. The van der Waals surface area contributed by atoms with Gasteiger partial charge in [0.05, 0.1) is 7.11 Å². The molecular formula is C21H30O. The molecule has 0 bridgehead atoms. The third kappa shape index (κ3) is 1.83. The molecule has 1 aromatic rings. The van der Waals surface area contributed by atoms with E-state index < -0.39 is 0 Å². The molecule has 3 aliphatic rings. The predicted octanol–water partition coefficient (Wildman–Crippen LogP) is 5.58. The van der Waals surface area contributed by atoms with Crippen molar-refractivity contribution in [1.82, 2.24) is 0 Å². The molecule has 3 aliphatic carbocycles. The number of benzene rings is 1. The van der Waals surface area contributed by atoms with Crippen molar-refractivity contribution < 1.29 is 4.74 Å². The standard InChI is InChI=1S/C21H30O/c1-20(2)11-10-19-18-7-5-14-13-15(22-4)6-8-16(14)17(18)9-12-21(19,20)3/h6,8,13,17-19H,5,7,9-12H2,1-4H3/t17-,18-,19+,21+/m1/s1. The van der Waals surface area contributed by atoms with Gasteiger partial charge >= 0.3 is 0 Å². The Morgan fingerprint density at radius 2 is 1.86 bits per heavy atom. The van der Waals surface area contributed by atoms with Crippen LogP contribution in [0.5, 0.6) is 5.75 Å². The first-order chi connectivity index (χ1) is 10.5. The molecule has 1 heteroatoms. The fourth-order valence-corrected chi connectivity index (χ4v) is 6.18. The Balaban J connectivity index is 1.69. The predicted molar refractivity (Wildman–Crippen MR) is 91.4 cm³/mol. The Morgan fingerprint density at radius 3 is 2.64 bits per heavy atom. The first-order valence-electron chi connectivity index (χ1n) is 9.13. The van der Waals surface area contributed by atoms with E-state index in [2.05, 4.69) is 39.0 Å². The molecule has 0 aliphatic heterocycles. The van der Waals surface area contributed by atoms with Crippen LogP contribution in [0, 0.1) is 22.7 Å². The van der Waals surface area contributed by atoms with Gasteiger partial charge in [0.2, 0.25) is 0 Å². The van der Waals surface area contributed by atoms with E-state index in [1.54, 1.807) is 18.2 Å². The van der Waals surface area contributed by atoms with E-state index in [0.717, 1.165) is 23.5 Å². The lowest BCUT2D eigenvalue weighted by Crippen LogP contribution is -2.45. The van der Waals surface area contributed by atoms with Crippen LogP contribution in [0.25, 0.3) is 0 Å². The number of methoxy groups -OCH3 is 1. The Bertz CT molecular complexity index is 588. The van der Waals surface area contributed by atoms with E-state index in [1.165, 1.54) is 38.5 Å². The molecule has 2 saturated carbocycles. The highest BCUT2D eigenvalue weighted by Gasteiger charge is 2.57. The number of rotatable bonds is 1. The van der Waals surface area contributed by atoms with Crippen LogP contribution >= 0.6 is 0 Å². The van der Waals surface area contributed by atoms with Crippen LogP contribution < -0.4 is 4.74 Å². The zero-order chi connectivity index (χ0) is 15.5. The van der Waals surface area contributed by atoms with Gasteiger partial charge in [-0.1, -0.05) is 26.8 Å². The highest BCUT2D eigenvalue weighted by Crippen LogP contribution is 2.67. The van der Waals surface area contributed by atoms with Gasteiger partial charge in [0.25, 0.3) is 0 Å². The van der Waals surface area contributed by atoms with E-state index in [-0.39, 0.29) is 0 Å². The van der Waals surface area contributed by atoms with Crippen LogP contribution in [-0.2, 0) is 6.42 Å². The number of hydrogen-bond donors (Lipinski definition) is 0. The molecule has 0 heterocycles. The quantitative estimate of drug-likeness (QED) is 0.658. The number of hydrogen-bond acceptors (Lipinski definition) is 1. The summed E-state index contributed by atoms with van der Waals surface area (Å²) >= 11 is 0. The lowest BCUT2D eigenvalue weighted by molar-refractivity contribution is -0.00854. The molecule has 4 rings (SSSR count). The fourth-order valence-electron chi connectivity index (χ4n) is 6.18. The molecule has 0 N–H and O–H groups in total. The maximum atomic E-state index is 5.43. The minimum Gasteiger partial charge on any atom is -0.497 e. The van der Waals surface area contributed by atoms with Crippen molar-refractivity contribution in [1.29, 1.82) is 0 Å². The van der Waals surface area contributed by atoms with Crippen LogP contribution in [-0.4, -0.2) is 7.11 Å². The van der Waals surface area contributed by atoms with E-state index >= 15 is 0 Å². The highest BCUT2D eigenvalue weighted by molar-refractivity contribution is 5.40. The number of aryl methyl sites for hydroxylation is 1. The second-order valence-corrected chi connectivity index (χ2v) is 8.86. The van der Waals surface area contributed by atoms with E-state index in [1.807, 2.05) is 0 Å². The molecule has 0 spiro atoms. The SMILES string of the molecule is COc1ccc2c(c1)CC[C@@H]1[C@@H]2CC[C@@]2(C)[C@H]1CCC2(C)C. The maximum absolute atomic E-state index is 5.43. The summed E-state index contributed by atoms with van der Waals surface area (Å²) in [6.45, 7) is 7.65. The van der Waals surface area contributed by atoms with Crippen molar-refractivity contribution >= 4 is 0 Å². The molecule has 0 aromatic heterocycles. The van der Waals surface area contributed by atoms with E-state index in [0.29, 0.717) is 10.8 Å². The van der Waals surface area contributed by atoms with Crippen LogP contribution in [0.4, 0.5) is 0 Å². The smallest absolute Gasteiger partial charge is 0.119 e. The summed E-state index contributed by atoms with van der Waals surface area (Å²) < 4.78 is 5.43. The monoisotopic (exact) mass is 298 g/mol. The summed E-state index contributed by atoms with van der Waals surface area (Å²) in [6, 6.07) is 6.83. The normalized spacial score (nSPS) is 38.8. The molecule has 2 fully saturated rings. The Labute approximate surface area is 135 Å². The van der Waals surface area contributed by atoms with Gasteiger partial charge in [0, 0.05) is 0 Å². The van der Waals surface area contributed by atoms with Crippen molar-refractivity contribution in [2.75, 3.05) is 7.11 Å². The highest BCUT2D eigenvalue weighted by atomic mass is 16.5. The number of fused-ring (bicyclic) bond motifs is 5. The third-order valence-corrected chi connectivity index (χ3v) is 7.95.